The number of alkyl halides is 1. The van der Waals surface area contributed by atoms with E-state index in [1.165, 1.54) is 0 Å². The van der Waals surface area contributed by atoms with E-state index in [2.05, 4.69) is 22.5 Å². The quantitative estimate of drug-likeness (QED) is 0.153. The summed E-state index contributed by atoms with van der Waals surface area (Å²) in [5, 5.41) is 0. The minimum Gasteiger partial charge on any atom is -0.462 e. The lowest BCUT2D eigenvalue weighted by Crippen LogP contribution is -2.15. The van der Waals surface area contributed by atoms with Gasteiger partial charge in [-0.1, -0.05) is 60.0 Å². The molecule has 1 aromatic carbocycles. The highest BCUT2D eigenvalue weighted by Gasteiger charge is 2.13. The second-order valence-corrected chi connectivity index (χ2v) is 7.91. The van der Waals surface area contributed by atoms with Crippen LogP contribution in [-0.4, -0.2) is 23.7 Å². The monoisotopic (exact) mass is 398 g/mol. The lowest BCUT2D eigenvalue weighted by Gasteiger charge is -2.15. The zero-order valence-electron chi connectivity index (χ0n) is 14.6. The molecule has 1 aromatic rings. The SMILES string of the molecule is C=Cc1ccc(C(=O)OCCCCCCCOOC(C)(C)Br)cc1. The van der Waals surface area contributed by atoms with Gasteiger partial charge < -0.3 is 4.74 Å². The number of hydrogen-bond donors (Lipinski definition) is 0. The molecule has 0 amide bonds. The third-order valence-corrected chi connectivity index (χ3v) is 3.38. The molecule has 1 rings (SSSR count). The molecule has 0 aromatic heterocycles. The largest absolute Gasteiger partial charge is 0.462 e. The van der Waals surface area contributed by atoms with E-state index in [0.29, 0.717) is 18.8 Å². The molecule has 0 aliphatic heterocycles. The Morgan fingerprint density at radius 3 is 2.25 bits per heavy atom. The van der Waals surface area contributed by atoms with Crippen LogP contribution < -0.4 is 0 Å². The molecule has 134 valence electrons. The Bertz CT molecular complexity index is 491. The lowest BCUT2D eigenvalue weighted by molar-refractivity contribution is -0.326. The smallest absolute Gasteiger partial charge is 0.338 e. The van der Waals surface area contributed by atoms with Gasteiger partial charge in [0.15, 0.2) is 4.51 Å². The molecule has 4 nitrogen and oxygen atoms in total. The number of rotatable bonds is 12. The molecular formula is C19H27BrO4. The molecule has 0 fully saturated rings. The molecule has 0 atom stereocenters. The van der Waals surface area contributed by atoms with Crippen LogP contribution in [0.3, 0.4) is 0 Å². The van der Waals surface area contributed by atoms with Crippen LogP contribution in [0.15, 0.2) is 30.8 Å². The Morgan fingerprint density at radius 1 is 1.08 bits per heavy atom. The van der Waals surface area contributed by atoms with Crippen LogP contribution in [0, 0.1) is 0 Å². The maximum Gasteiger partial charge on any atom is 0.338 e. The summed E-state index contributed by atoms with van der Waals surface area (Å²) in [6.07, 6.45) is 6.77. The fourth-order valence-corrected chi connectivity index (χ4v) is 2.07. The molecular weight excluding hydrogens is 372 g/mol. The zero-order valence-corrected chi connectivity index (χ0v) is 16.1. The van der Waals surface area contributed by atoms with Crippen molar-refractivity contribution in [3.63, 3.8) is 0 Å². The zero-order chi connectivity index (χ0) is 17.8. The Morgan fingerprint density at radius 2 is 1.67 bits per heavy atom. The van der Waals surface area contributed by atoms with Gasteiger partial charge in [0.1, 0.15) is 0 Å². The highest BCUT2D eigenvalue weighted by Crippen LogP contribution is 2.17. The highest BCUT2D eigenvalue weighted by molar-refractivity contribution is 9.10. The first-order chi connectivity index (χ1) is 11.4. The van der Waals surface area contributed by atoms with E-state index in [-0.39, 0.29) is 5.97 Å². The average molecular weight is 399 g/mol. The van der Waals surface area contributed by atoms with Crippen LogP contribution >= 0.6 is 15.9 Å². The summed E-state index contributed by atoms with van der Waals surface area (Å²) in [5.41, 5.74) is 1.56. The van der Waals surface area contributed by atoms with Crippen LogP contribution in [0.1, 0.15) is 61.9 Å². The number of carbonyl (C=O) groups excluding carboxylic acids is 1. The first-order valence-corrected chi connectivity index (χ1v) is 9.11. The molecule has 0 saturated carbocycles. The van der Waals surface area contributed by atoms with Gasteiger partial charge in [-0.2, -0.15) is 0 Å². The van der Waals surface area contributed by atoms with Crippen molar-refractivity contribution in [3.05, 3.63) is 42.0 Å². The van der Waals surface area contributed by atoms with E-state index < -0.39 is 4.51 Å². The van der Waals surface area contributed by atoms with Crippen LogP contribution in [0.5, 0.6) is 0 Å². The standard InChI is InChI=1S/C19H27BrO4/c1-4-16-10-12-17(13-11-16)18(21)22-14-8-6-5-7-9-15-23-24-19(2,3)20/h4,10-13H,1,5-9,14-15H2,2-3H3. The highest BCUT2D eigenvalue weighted by atomic mass is 79.9. The molecule has 0 heterocycles. The summed E-state index contributed by atoms with van der Waals surface area (Å²) >= 11 is 3.33. The second-order valence-electron chi connectivity index (χ2n) is 6.00. The number of benzene rings is 1. The number of unbranched alkanes of at least 4 members (excludes halogenated alkanes) is 4. The maximum absolute atomic E-state index is 11.9. The number of halogens is 1. The number of esters is 1. The Balaban J connectivity index is 1.99. The topological polar surface area (TPSA) is 44.8 Å². The van der Waals surface area contributed by atoms with Gasteiger partial charge in [-0.25, -0.2) is 14.6 Å². The third-order valence-electron chi connectivity index (χ3n) is 3.24. The molecule has 0 spiro atoms. The molecule has 24 heavy (non-hydrogen) atoms. The van der Waals surface area contributed by atoms with Crippen LogP contribution in [-0.2, 0) is 14.5 Å². The summed E-state index contributed by atoms with van der Waals surface area (Å²) in [6, 6.07) is 7.23. The fraction of sp³-hybridized carbons (Fsp3) is 0.526. The fourth-order valence-electron chi connectivity index (χ4n) is 1.98. The van der Waals surface area contributed by atoms with Crippen molar-refractivity contribution >= 4 is 28.0 Å². The summed E-state index contributed by atoms with van der Waals surface area (Å²) in [4.78, 5) is 22.1. The van der Waals surface area contributed by atoms with E-state index in [4.69, 9.17) is 14.5 Å². The van der Waals surface area contributed by atoms with Crippen molar-refractivity contribution in [3.8, 4) is 0 Å². The van der Waals surface area contributed by atoms with Crippen LogP contribution in [0.2, 0.25) is 0 Å². The van der Waals surface area contributed by atoms with Crippen molar-refractivity contribution in [2.75, 3.05) is 13.2 Å². The molecule has 5 heteroatoms. The molecule has 0 saturated heterocycles. The Hall–Kier alpha value is -1.17. The van der Waals surface area contributed by atoms with Gasteiger partial charge in [0.25, 0.3) is 0 Å². The summed E-state index contributed by atoms with van der Waals surface area (Å²) < 4.78 is 4.83. The van der Waals surface area contributed by atoms with Gasteiger partial charge in [-0.3, -0.25) is 0 Å². The molecule has 0 N–H and O–H groups in total. The predicted octanol–water partition coefficient (Wildman–Crippen LogP) is 5.52. The van der Waals surface area contributed by atoms with Crippen molar-refractivity contribution in [1.82, 2.24) is 0 Å². The predicted molar refractivity (Wildman–Crippen MR) is 99.9 cm³/mol. The van der Waals surface area contributed by atoms with E-state index in [1.54, 1.807) is 18.2 Å². The average Bonchev–Trinajstić information content (AvgIpc) is 2.55. The van der Waals surface area contributed by atoms with E-state index in [9.17, 15) is 4.79 Å². The van der Waals surface area contributed by atoms with E-state index >= 15 is 0 Å². The molecule has 0 unspecified atom stereocenters. The van der Waals surface area contributed by atoms with Gasteiger partial charge in [0.2, 0.25) is 0 Å². The van der Waals surface area contributed by atoms with Gasteiger partial charge in [-0.05, 0) is 44.4 Å². The summed E-state index contributed by atoms with van der Waals surface area (Å²) in [7, 11) is 0. The van der Waals surface area contributed by atoms with Gasteiger partial charge in [0.05, 0.1) is 18.8 Å². The summed E-state index contributed by atoms with van der Waals surface area (Å²) in [5.74, 6) is -0.270. The van der Waals surface area contributed by atoms with Gasteiger partial charge >= 0.3 is 5.97 Å². The first-order valence-electron chi connectivity index (χ1n) is 8.31. The first kappa shape index (κ1) is 20.9. The second kappa shape index (κ2) is 11.4. The van der Waals surface area contributed by atoms with Crippen molar-refractivity contribution in [2.24, 2.45) is 0 Å². The van der Waals surface area contributed by atoms with Crippen molar-refractivity contribution in [1.29, 1.82) is 0 Å². The van der Waals surface area contributed by atoms with Crippen LogP contribution in [0.25, 0.3) is 6.08 Å². The maximum atomic E-state index is 11.9. The van der Waals surface area contributed by atoms with E-state index in [0.717, 1.165) is 37.7 Å². The molecule has 0 aliphatic carbocycles. The van der Waals surface area contributed by atoms with Crippen LogP contribution in [0.4, 0.5) is 0 Å². The Labute approximate surface area is 153 Å². The van der Waals surface area contributed by atoms with Crippen molar-refractivity contribution < 1.29 is 19.3 Å². The third kappa shape index (κ3) is 9.85. The minimum atomic E-state index is -0.442. The lowest BCUT2D eigenvalue weighted by atomic mass is 10.1. The van der Waals surface area contributed by atoms with Gasteiger partial charge in [0, 0.05) is 0 Å². The molecule has 0 aliphatic rings. The number of carbonyl (C=O) groups is 1. The normalized spacial score (nSPS) is 11.3. The summed E-state index contributed by atoms with van der Waals surface area (Å²) in [6.45, 7) is 8.48. The van der Waals surface area contributed by atoms with E-state index in [1.807, 2.05) is 26.0 Å². The molecule has 0 radical (unpaired) electrons. The molecule has 0 bridgehead atoms. The minimum absolute atomic E-state index is 0.270. The number of ether oxygens (including phenoxy) is 1. The number of hydrogen-bond acceptors (Lipinski definition) is 4. The Kier molecular flexibility index (Phi) is 9.91. The van der Waals surface area contributed by atoms with Gasteiger partial charge in [-0.15, -0.1) is 0 Å². The van der Waals surface area contributed by atoms with Crippen molar-refractivity contribution in [2.45, 2.75) is 50.5 Å².